The predicted octanol–water partition coefficient (Wildman–Crippen LogP) is 5.28. The molecule has 0 amide bonds. The van der Waals surface area contributed by atoms with E-state index in [0.717, 1.165) is 49.1 Å². The van der Waals surface area contributed by atoms with E-state index >= 15 is 0 Å². The van der Waals surface area contributed by atoms with Gasteiger partial charge in [-0.3, -0.25) is 8.99 Å². The maximum absolute atomic E-state index is 13.7. The summed E-state index contributed by atoms with van der Waals surface area (Å²) >= 11 is 6.21. The number of rotatable bonds is 7. The first-order valence-electron chi connectivity index (χ1n) is 11.1. The highest BCUT2D eigenvalue weighted by Gasteiger charge is 2.28. The Kier molecular flexibility index (Phi) is 6.79. The smallest absolute Gasteiger partial charge is 0.264 e. The van der Waals surface area contributed by atoms with Crippen LogP contribution >= 0.6 is 11.6 Å². The SMILES string of the molecule is Cc1ccc(Cl)cc1N(CC(C)C)S(=O)(=O)c1ccc2c(cnn2CC2CCOCC2)c1. The average molecular weight is 476 g/mol. The average Bonchev–Trinajstić information content (AvgIpc) is 3.16. The van der Waals surface area contributed by atoms with Crippen molar-refractivity contribution in [1.29, 1.82) is 0 Å². The number of ether oxygens (including phenoxy) is 1. The van der Waals surface area contributed by atoms with Crippen LogP contribution in [-0.4, -0.2) is 38.0 Å². The second-order valence-corrected chi connectivity index (χ2v) is 11.3. The molecule has 32 heavy (non-hydrogen) atoms. The molecule has 8 heteroatoms. The number of benzene rings is 2. The number of aryl methyl sites for hydroxylation is 1. The van der Waals surface area contributed by atoms with Gasteiger partial charge in [-0.25, -0.2) is 8.42 Å². The number of fused-ring (bicyclic) bond motifs is 1. The molecule has 0 atom stereocenters. The van der Waals surface area contributed by atoms with Crippen molar-refractivity contribution in [3.05, 3.63) is 53.2 Å². The highest BCUT2D eigenvalue weighted by Crippen LogP contribution is 2.31. The minimum absolute atomic E-state index is 0.147. The molecule has 1 saturated heterocycles. The van der Waals surface area contributed by atoms with Gasteiger partial charge >= 0.3 is 0 Å². The minimum Gasteiger partial charge on any atom is -0.381 e. The van der Waals surface area contributed by atoms with E-state index in [1.807, 2.05) is 37.6 Å². The number of nitrogens with zero attached hydrogens (tertiary/aromatic N) is 3. The first kappa shape index (κ1) is 23.1. The Morgan fingerprint density at radius 3 is 2.66 bits per heavy atom. The Balaban J connectivity index is 1.69. The Morgan fingerprint density at radius 1 is 1.19 bits per heavy atom. The van der Waals surface area contributed by atoms with Crippen LogP contribution in [0.25, 0.3) is 10.9 Å². The Bertz CT molecular complexity index is 1200. The van der Waals surface area contributed by atoms with Crippen LogP contribution < -0.4 is 4.31 Å². The normalized spacial score (nSPS) is 15.5. The van der Waals surface area contributed by atoms with Gasteiger partial charge in [0.25, 0.3) is 10.0 Å². The van der Waals surface area contributed by atoms with Crippen molar-refractivity contribution in [1.82, 2.24) is 9.78 Å². The Morgan fingerprint density at radius 2 is 1.94 bits per heavy atom. The number of hydrogen-bond donors (Lipinski definition) is 0. The fourth-order valence-corrected chi connectivity index (χ4v) is 6.07. The Hall–Kier alpha value is -2.09. The lowest BCUT2D eigenvalue weighted by molar-refractivity contribution is 0.0605. The topological polar surface area (TPSA) is 64.4 Å². The summed E-state index contributed by atoms with van der Waals surface area (Å²) in [6.07, 6.45) is 3.80. The van der Waals surface area contributed by atoms with E-state index in [2.05, 4.69) is 5.10 Å². The summed E-state index contributed by atoms with van der Waals surface area (Å²) < 4.78 is 36.4. The van der Waals surface area contributed by atoms with Crippen molar-refractivity contribution in [3.8, 4) is 0 Å². The number of halogens is 1. The lowest BCUT2D eigenvalue weighted by atomic mass is 10.0. The van der Waals surface area contributed by atoms with Gasteiger partial charge in [0.2, 0.25) is 0 Å². The molecule has 172 valence electrons. The summed E-state index contributed by atoms with van der Waals surface area (Å²) in [5, 5.41) is 5.88. The van der Waals surface area contributed by atoms with E-state index in [0.29, 0.717) is 23.2 Å². The third-order valence-corrected chi connectivity index (χ3v) is 7.95. The summed E-state index contributed by atoms with van der Waals surface area (Å²) in [7, 11) is -3.78. The van der Waals surface area contributed by atoms with Gasteiger partial charge in [0, 0.05) is 36.7 Å². The van der Waals surface area contributed by atoms with Crippen molar-refractivity contribution in [2.75, 3.05) is 24.1 Å². The van der Waals surface area contributed by atoms with E-state index in [1.54, 1.807) is 30.5 Å². The lowest BCUT2D eigenvalue weighted by Gasteiger charge is -2.28. The van der Waals surface area contributed by atoms with Crippen molar-refractivity contribution >= 4 is 38.2 Å². The highest BCUT2D eigenvalue weighted by atomic mass is 35.5. The maximum Gasteiger partial charge on any atom is 0.264 e. The van der Waals surface area contributed by atoms with Gasteiger partial charge in [-0.2, -0.15) is 5.10 Å². The maximum atomic E-state index is 13.7. The molecule has 1 aromatic heterocycles. The van der Waals surface area contributed by atoms with Crippen LogP contribution in [0.4, 0.5) is 5.69 Å². The van der Waals surface area contributed by atoms with Crippen molar-refractivity contribution in [3.63, 3.8) is 0 Å². The third kappa shape index (κ3) is 4.80. The summed E-state index contributed by atoms with van der Waals surface area (Å²) in [4.78, 5) is 0.260. The fourth-order valence-electron chi connectivity index (χ4n) is 4.18. The van der Waals surface area contributed by atoms with E-state index in [4.69, 9.17) is 16.3 Å². The van der Waals surface area contributed by atoms with Crippen LogP contribution in [0.5, 0.6) is 0 Å². The highest BCUT2D eigenvalue weighted by molar-refractivity contribution is 7.92. The molecule has 3 aromatic rings. The molecule has 4 rings (SSSR count). The van der Waals surface area contributed by atoms with Crippen LogP contribution in [0.3, 0.4) is 0 Å². The molecule has 0 spiro atoms. The molecular weight excluding hydrogens is 446 g/mol. The molecule has 0 N–H and O–H groups in total. The molecule has 2 heterocycles. The summed E-state index contributed by atoms with van der Waals surface area (Å²) in [6.45, 7) is 8.68. The van der Waals surface area contributed by atoms with Crippen LogP contribution in [0.15, 0.2) is 47.5 Å². The minimum atomic E-state index is -3.78. The molecule has 0 radical (unpaired) electrons. The molecular formula is C24H30ClN3O3S. The second kappa shape index (κ2) is 9.41. The molecule has 2 aromatic carbocycles. The number of anilines is 1. The molecule has 0 aliphatic carbocycles. The monoisotopic (exact) mass is 475 g/mol. The van der Waals surface area contributed by atoms with Crippen LogP contribution in [-0.2, 0) is 21.3 Å². The molecule has 0 bridgehead atoms. The van der Waals surface area contributed by atoms with E-state index in [-0.39, 0.29) is 10.8 Å². The molecule has 1 aliphatic rings. The van der Waals surface area contributed by atoms with Crippen molar-refractivity contribution in [2.24, 2.45) is 11.8 Å². The lowest BCUT2D eigenvalue weighted by Crippen LogP contribution is -2.34. The summed E-state index contributed by atoms with van der Waals surface area (Å²) in [5.74, 6) is 0.678. The molecule has 0 saturated carbocycles. The quantitative estimate of drug-likeness (QED) is 0.466. The summed E-state index contributed by atoms with van der Waals surface area (Å²) in [6, 6.07) is 10.6. The van der Waals surface area contributed by atoms with Gasteiger partial charge in [-0.05, 0) is 67.5 Å². The standard InChI is InChI=1S/C24H30ClN3O3S/c1-17(2)15-28(24-13-21(25)5-4-18(24)3)32(29,30)22-6-7-23-20(12-22)14-26-27(23)16-19-8-10-31-11-9-19/h4-7,12-14,17,19H,8-11,15-16H2,1-3H3. The number of aromatic nitrogens is 2. The second-order valence-electron chi connectivity index (χ2n) is 8.96. The zero-order chi connectivity index (χ0) is 22.9. The van der Waals surface area contributed by atoms with E-state index in [9.17, 15) is 8.42 Å². The first-order chi connectivity index (χ1) is 15.3. The number of sulfonamides is 1. The zero-order valence-corrected chi connectivity index (χ0v) is 20.4. The van der Waals surface area contributed by atoms with Gasteiger partial charge in [0.1, 0.15) is 0 Å². The third-order valence-electron chi connectivity index (χ3n) is 5.94. The van der Waals surface area contributed by atoms with Gasteiger partial charge in [-0.15, -0.1) is 0 Å². The van der Waals surface area contributed by atoms with Gasteiger partial charge < -0.3 is 4.74 Å². The van der Waals surface area contributed by atoms with Crippen LogP contribution in [0.1, 0.15) is 32.3 Å². The van der Waals surface area contributed by atoms with E-state index in [1.165, 1.54) is 4.31 Å². The van der Waals surface area contributed by atoms with Crippen molar-refractivity contribution in [2.45, 2.75) is 45.1 Å². The zero-order valence-electron chi connectivity index (χ0n) is 18.8. The van der Waals surface area contributed by atoms with Gasteiger partial charge in [0.15, 0.2) is 0 Å². The van der Waals surface area contributed by atoms with Crippen LogP contribution in [0, 0.1) is 18.8 Å². The number of hydrogen-bond acceptors (Lipinski definition) is 4. The Labute approximate surface area is 195 Å². The summed E-state index contributed by atoms with van der Waals surface area (Å²) in [5.41, 5.74) is 2.43. The predicted molar refractivity (Wildman–Crippen MR) is 129 cm³/mol. The molecule has 1 aliphatic heterocycles. The van der Waals surface area contributed by atoms with Crippen molar-refractivity contribution < 1.29 is 13.2 Å². The molecule has 6 nitrogen and oxygen atoms in total. The largest absolute Gasteiger partial charge is 0.381 e. The molecule has 1 fully saturated rings. The first-order valence-corrected chi connectivity index (χ1v) is 12.9. The molecule has 0 unspecified atom stereocenters. The van der Waals surface area contributed by atoms with E-state index < -0.39 is 10.0 Å². The van der Waals surface area contributed by atoms with Crippen LogP contribution in [0.2, 0.25) is 5.02 Å². The fraction of sp³-hybridized carbons (Fsp3) is 0.458. The van der Waals surface area contributed by atoms with Gasteiger partial charge in [0.05, 0.1) is 22.3 Å². The van der Waals surface area contributed by atoms with Gasteiger partial charge in [-0.1, -0.05) is 31.5 Å².